The second kappa shape index (κ2) is 3.22. The molecule has 0 bridgehead atoms. The fourth-order valence-corrected chi connectivity index (χ4v) is 1.67. The zero-order chi connectivity index (χ0) is 8.43. The van der Waals surface area contributed by atoms with Gasteiger partial charge in [-0.25, -0.2) is 0 Å². The van der Waals surface area contributed by atoms with Crippen LogP contribution in [0.5, 0.6) is 5.88 Å². The van der Waals surface area contributed by atoms with Gasteiger partial charge in [-0.2, -0.15) is 4.37 Å². The second-order valence-corrected chi connectivity index (χ2v) is 3.96. The molecule has 62 valence electrons. The van der Waals surface area contributed by atoms with Gasteiger partial charge in [0.15, 0.2) is 0 Å². The number of hydrogen-bond donors (Lipinski definition) is 1. The Balaban J connectivity index is 2.76. The molecular weight excluding hydrogens is 158 g/mol. The third-order valence-electron chi connectivity index (χ3n) is 1.96. The highest BCUT2D eigenvalue weighted by molar-refractivity contribution is 7.06. The van der Waals surface area contributed by atoms with Crippen LogP contribution >= 0.6 is 11.5 Å². The van der Waals surface area contributed by atoms with Crippen molar-refractivity contribution in [2.24, 2.45) is 5.92 Å². The minimum Gasteiger partial charge on any atom is -0.493 e. The summed E-state index contributed by atoms with van der Waals surface area (Å²) in [6.45, 7) is 6.49. The Kier molecular flexibility index (Phi) is 2.49. The fourth-order valence-electron chi connectivity index (χ4n) is 0.823. The molecule has 2 nitrogen and oxygen atoms in total. The van der Waals surface area contributed by atoms with Gasteiger partial charge < -0.3 is 5.11 Å². The predicted molar refractivity (Wildman–Crippen MR) is 47.0 cm³/mol. The average Bonchev–Trinajstić information content (AvgIpc) is 2.34. The molecule has 1 aromatic heterocycles. The third-order valence-corrected chi connectivity index (χ3v) is 2.94. The Bertz CT molecular complexity index is 232. The fraction of sp³-hybridized carbons (Fsp3) is 0.625. The van der Waals surface area contributed by atoms with Crippen LogP contribution in [0.2, 0.25) is 0 Å². The van der Waals surface area contributed by atoms with Gasteiger partial charge in [0.25, 0.3) is 0 Å². The number of rotatable bonds is 2. The minimum absolute atomic E-state index is 0.150. The standard InChI is InChI=1S/C8H13NOS/c1-5(2)6(3)7-4-8(10)9-11-7/h4-6H,1-3H3,(H,9,10)/t6-/m0/s1. The van der Waals surface area contributed by atoms with Crippen molar-refractivity contribution in [2.75, 3.05) is 0 Å². The van der Waals surface area contributed by atoms with Crippen molar-refractivity contribution in [1.29, 1.82) is 0 Å². The molecule has 0 saturated carbocycles. The molecule has 1 heterocycles. The first-order chi connectivity index (χ1) is 5.11. The maximum absolute atomic E-state index is 8.98. The van der Waals surface area contributed by atoms with Crippen molar-refractivity contribution in [3.8, 4) is 5.88 Å². The maximum atomic E-state index is 8.98. The van der Waals surface area contributed by atoms with E-state index in [1.165, 1.54) is 11.5 Å². The maximum Gasteiger partial charge on any atom is 0.222 e. The number of hydrogen-bond acceptors (Lipinski definition) is 3. The van der Waals surface area contributed by atoms with Crippen LogP contribution in [-0.2, 0) is 0 Å². The lowest BCUT2D eigenvalue weighted by Crippen LogP contribution is -1.98. The highest BCUT2D eigenvalue weighted by Crippen LogP contribution is 2.29. The Morgan fingerprint density at radius 1 is 1.45 bits per heavy atom. The van der Waals surface area contributed by atoms with Gasteiger partial charge in [-0.15, -0.1) is 0 Å². The van der Waals surface area contributed by atoms with Gasteiger partial charge >= 0.3 is 0 Å². The highest BCUT2D eigenvalue weighted by atomic mass is 32.1. The van der Waals surface area contributed by atoms with E-state index >= 15 is 0 Å². The van der Waals surface area contributed by atoms with E-state index in [-0.39, 0.29) is 5.88 Å². The molecule has 0 aromatic carbocycles. The second-order valence-electron chi connectivity index (χ2n) is 3.12. The van der Waals surface area contributed by atoms with Gasteiger partial charge in [0.05, 0.1) is 0 Å². The van der Waals surface area contributed by atoms with Crippen LogP contribution in [0.1, 0.15) is 31.6 Å². The van der Waals surface area contributed by atoms with Gasteiger partial charge in [-0.05, 0) is 23.4 Å². The van der Waals surface area contributed by atoms with Crippen molar-refractivity contribution >= 4 is 11.5 Å². The lowest BCUT2D eigenvalue weighted by Gasteiger charge is -2.11. The molecule has 1 aromatic rings. The van der Waals surface area contributed by atoms with Crippen molar-refractivity contribution in [1.82, 2.24) is 4.37 Å². The van der Waals surface area contributed by atoms with Gasteiger partial charge in [0.2, 0.25) is 5.88 Å². The minimum atomic E-state index is 0.150. The van der Waals surface area contributed by atoms with Crippen molar-refractivity contribution in [3.63, 3.8) is 0 Å². The summed E-state index contributed by atoms with van der Waals surface area (Å²) in [5, 5.41) is 8.98. The number of aromatic hydroxyl groups is 1. The van der Waals surface area contributed by atoms with E-state index in [0.29, 0.717) is 11.8 Å². The smallest absolute Gasteiger partial charge is 0.222 e. The van der Waals surface area contributed by atoms with Gasteiger partial charge in [0, 0.05) is 10.9 Å². The predicted octanol–water partition coefficient (Wildman–Crippen LogP) is 2.61. The third kappa shape index (κ3) is 1.93. The van der Waals surface area contributed by atoms with E-state index in [9.17, 15) is 0 Å². The molecule has 0 aliphatic rings. The SMILES string of the molecule is CC(C)[C@H](C)c1cc(O)ns1. The van der Waals surface area contributed by atoms with Crippen LogP contribution in [0, 0.1) is 5.92 Å². The lowest BCUT2D eigenvalue weighted by atomic mass is 9.97. The zero-order valence-electron chi connectivity index (χ0n) is 7.03. The summed E-state index contributed by atoms with van der Waals surface area (Å²) >= 11 is 1.39. The van der Waals surface area contributed by atoms with Crippen LogP contribution in [-0.4, -0.2) is 9.48 Å². The molecular formula is C8H13NOS. The molecule has 0 amide bonds. The Hall–Kier alpha value is -0.570. The largest absolute Gasteiger partial charge is 0.493 e. The van der Waals surface area contributed by atoms with E-state index in [4.69, 9.17) is 5.11 Å². The molecule has 0 unspecified atom stereocenters. The molecule has 0 spiro atoms. The summed E-state index contributed by atoms with van der Waals surface area (Å²) in [7, 11) is 0. The molecule has 1 rings (SSSR count). The molecule has 1 atom stereocenters. The van der Waals surface area contributed by atoms with Crippen molar-refractivity contribution < 1.29 is 5.11 Å². The van der Waals surface area contributed by atoms with Crippen LogP contribution in [0.4, 0.5) is 0 Å². The van der Waals surface area contributed by atoms with Crippen molar-refractivity contribution in [2.45, 2.75) is 26.7 Å². The van der Waals surface area contributed by atoms with E-state index < -0.39 is 0 Å². The summed E-state index contributed by atoms with van der Waals surface area (Å²) in [6, 6.07) is 1.75. The molecule has 0 fully saturated rings. The molecule has 0 aliphatic carbocycles. The molecule has 0 saturated heterocycles. The van der Waals surface area contributed by atoms with Crippen LogP contribution < -0.4 is 0 Å². The van der Waals surface area contributed by atoms with Gasteiger partial charge in [-0.1, -0.05) is 20.8 Å². The van der Waals surface area contributed by atoms with Crippen LogP contribution in [0.15, 0.2) is 6.07 Å². The summed E-state index contributed by atoms with van der Waals surface area (Å²) in [6.07, 6.45) is 0. The highest BCUT2D eigenvalue weighted by Gasteiger charge is 2.12. The molecule has 1 N–H and O–H groups in total. The summed E-state index contributed by atoms with van der Waals surface area (Å²) < 4.78 is 3.82. The molecule has 0 radical (unpaired) electrons. The van der Waals surface area contributed by atoms with Crippen LogP contribution in [0.25, 0.3) is 0 Å². The van der Waals surface area contributed by atoms with E-state index in [1.54, 1.807) is 6.07 Å². The zero-order valence-corrected chi connectivity index (χ0v) is 7.85. The van der Waals surface area contributed by atoms with Gasteiger partial charge in [-0.3, -0.25) is 0 Å². The normalized spacial score (nSPS) is 13.8. The van der Waals surface area contributed by atoms with Crippen LogP contribution in [0.3, 0.4) is 0 Å². The summed E-state index contributed by atoms with van der Waals surface area (Å²) in [5.74, 6) is 1.25. The topological polar surface area (TPSA) is 33.1 Å². The monoisotopic (exact) mass is 171 g/mol. The number of aromatic nitrogens is 1. The van der Waals surface area contributed by atoms with E-state index in [0.717, 1.165) is 4.88 Å². The Morgan fingerprint density at radius 2 is 2.09 bits per heavy atom. The van der Waals surface area contributed by atoms with Crippen molar-refractivity contribution in [3.05, 3.63) is 10.9 Å². The van der Waals surface area contributed by atoms with Gasteiger partial charge in [0.1, 0.15) is 0 Å². The average molecular weight is 171 g/mol. The van der Waals surface area contributed by atoms with E-state index in [2.05, 4.69) is 25.1 Å². The first-order valence-electron chi connectivity index (χ1n) is 3.77. The molecule has 3 heteroatoms. The quantitative estimate of drug-likeness (QED) is 0.742. The Morgan fingerprint density at radius 3 is 2.45 bits per heavy atom. The van der Waals surface area contributed by atoms with E-state index in [1.807, 2.05) is 0 Å². The Labute approximate surface area is 71.1 Å². The molecule has 11 heavy (non-hydrogen) atoms. The number of nitrogens with zero attached hydrogens (tertiary/aromatic N) is 1. The molecule has 0 aliphatic heterocycles. The summed E-state index contributed by atoms with van der Waals surface area (Å²) in [4.78, 5) is 1.16. The summed E-state index contributed by atoms with van der Waals surface area (Å²) in [5.41, 5.74) is 0. The first-order valence-corrected chi connectivity index (χ1v) is 4.54. The first kappa shape index (κ1) is 8.53. The lowest BCUT2D eigenvalue weighted by molar-refractivity contribution is 0.458.